The second kappa shape index (κ2) is 8.46. The van der Waals surface area contributed by atoms with E-state index in [0.717, 1.165) is 5.69 Å². The number of carbonyl (C=O) groups is 1. The number of nitrogen functional groups attached to an aromatic ring is 1. The Morgan fingerprint density at radius 3 is 2.52 bits per heavy atom. The molecule has 0 unspecified atom stereocenters. The van der Waals surface area contributed by atoms with Crippen LogP contribution in [0.25, 0.3) is 11.3 Å². The molecule has 31 heavy (non-hydrogen) atoms. The molecular weight excluding hydrogens is 399 g/mol. The van der Waals surface area contributed by atoms with Gasteiger partial charge in [-0.1, -0.05) is 12.1 Å². The molecule has 5 N–H and O–H groups in total. The van der Waals surface area contributed by atoms with Gasteiger partial charge >= 0.3 is 0 Å². The van der Waals surface area contributed by atoms with Crippen LogP contribution in [0, 0.1) is 5.82 Å². The second-order valence-electron chi connectivity index (χ2n) is 6.50. The van der Waals surface area contributed by atoms with Crippen LogP contribution < -0.4 is 21.5 Å². The van der Waals surface area contributed by atoms with Gasteiger partial charge in [-0.2, -0.15) is 4.98 Å². The van der Waals surface area contributed by atoms with Gasteiger partial charge in [-0.05, 0) is 42.5 Å². The van der Waals surface area contributed by atoms with Crippen molar-refractivity contribution in [3.8, 4) is 22.8 Å². The monoisotopic (exact) mass is 416 g/mol. The van der Waals surface area contributed by atoms with Crippen LogP contribution in [-0.4, -0.2) is 20.9 Å². The average Bonchev–Trinajstić information content (AvgIpc) is 2.75. The number of hydrogen-bond acceptors (Lipinski definition) is 7. The lowest BCUT2D eigenvalue weighted by Gasteiger charge is -2.10. The molecule has 4 aromatic rings. The summed E-state index contributed by atoms with van der Waals surface area (Å²) >= 11 is 0. The number of nitrogens with zero attached hydrogens (tertiary/aromatic N) is 3. The highest BCUT2D eigenvalue weighted by atomic mass is 19.1. The molecule has 0 saturated carbocycles. The number of primary amides is 1. The molecule has 2 heterocycles. The lowest BCUT2D eigenvalue weighted by molar-refractivity contribution is 0.0995. The molecule has 0 aliphatic rings. The maximum Gasteiger partial charge on any atom is 0.267 e. The molecule has 0 radical (unpaired) electrons. The van der Waals surface area contributed by atoms with Gasteiger partial charge in [0.15, 0.2) is 0 Å². The summed E-state index contributed by atoms with van der Waals surface area (Å²) in [5.41, 5.74) is 13.0. The summed E-state index contributed by atoms with van der Waals surface area (Å²) in [7, 11) is 0. The number of ether oxygens (including phenoxy) is 1. The van der Waals surface area contributed by atoms with Crippen LogP contribution >= 0.6 is 0 Å². The number of aromatic nitrogens is 3. The van der Waals surface area contributed by atoms with E-state index in [-0.39, 0.29) is 17.5 Å². The zero-order valence-electron chi connectivity index (χ0n) is 16.1. The molecule has 0 spiro atoms. The molecular formula is C22H17FN6O2. The Hall–Kier alpha value is -4.53. The van der Waals surface area contributed by atoms with E-state index in [0.29, 0.717) is 28.6 Å². The SMILES string of the molecule is NC(=O)c1cc(Oc2ccc(Nc3cc(-c4cccc(F)c4)nc(N)n3)cc2)ccn1. The van der Waals surface area contributed by atoms with E-state index in [2.05, 4.69) is 20.3 Å². The van der Waals surface area contributed by atoms with Crippen LogP contribution in [-0.2, 0) is 0 Å². The first-order chi connectivity index (χ1) is 15.0. The van der Waals surface area contributed by atoms with Gasteiger partial charge in [0.05, 0.1) is 5.69 Å². The quantitative estimate of drug-likeness (QED) is 0.435. The summed E-state index contributed by atoms with van der Waals surface area (Å²) in [6.07, 6.45) is 1.45. The Kier molecular flexibility index (Phi) is 5.39. The first-order valence-corrected chi connectivity index (χ1v) is 9.17. The van der Waals surface area contributed by atoms with Gasteiger partial charge in [-0.3, -0.25) is 9.78 Å². The molecule has 9 heteroatoms. The summed E-state index contributed by atoms with van der Waals surface area (Å²) in [6.45, 7) is 0. The molecule has 0 fully saturated rings. The van der Waals surface area contributed by atoms with E-state index < -0.39 is 5.91 Å². The van der Waals surface area contributed by atoms with Crippen molar-refractivity contribution in [1.29, 1.82) is 0 Å². The second-order valence-corrected chi connectivity index (χ2v) is 6.50. The minimum atomic E-state index is -0.633. The Balaban J connectivity index is 1.50. The zero-order valence-corrected chi connectivity index (χ0v) is 16.1. The van der Waals surface area contributed by atoms with E-state index in [1.807, 2.05) is 0 Å². The molecule has 0 bridgehead atoms. The number of hydrogen-bond donors (Lipinski definition) is 3. The normalized spacial score (nSPS) is 10.5. The van der Waals surface area contributed by atoms with E-state index in [9.17, 15) is 9.18 Å². The molecule has 2 aromatic heterocycles. The van der Waals surface area contributed by atoms with Crippen LogP contribution in [0.3, 0.4) is 0 Å². The lowest BCUT2D eigenvalue weighted by atomic mass is 10.1. The topological polar surface area (TPSA) is 129 Å². The van der Waals surface area contributed by atoms with Gasteiger partial charge in [-0.25, -0.2) is 9.37 Å². The third-order valence-electron chi connectivity index (χ3n) is 4.21. The highest BCUT2D eigenvalue weighted by Crippen LogP contribution is 2.26. The zero-order chi connectivity index (χ0) is 21.8. The van der Waals surface area contributed by atoms with Crippen molar-refractivity contribution < 1.29 is 13.9 Å². The predicted molar refractivity (Wildman–Crippen MR) is 114 cm³/mol. The van der Waals surface area contributed by atoms with E-state index in [1.54, 1.807) is 48.5 Å². The Bertz CT molecular complexity index is 1250. The summed E-state index contributed by atoms with van der Waals surface area (Å²) in [6, 6.07) is 17.9. The number of rotatable bonds is 6. The maximum absolute atomic E-state index is 13.5. The first-order valence-electron chi connectivity index (χ1n) is 9.17. The molecule has 1 amide bonds. The van der Waals surface area contributed by atoms with Crippen LogP contribution in [0.5, 0.6) is 11.5 Å². The number of anilines is 3. The van der Waals surface area contributed by atoms with Gasteiger partial charge < -0.3 is 21.5 Å². The summed E-state index contributed by atoms with van der Waals surface area (Å²) in [5, 5.41) is 3.13. The van der Waals surface area contributed by atoms with Gasteiger partial charge in [0.2, 0.25) is 5.95 Å². The van der Waals surface area contributed by atoms with Crippen LogP contribution in [0.15, 0.2) is 72.9 Å². The molecule has 2 aromatic carbocycles. The van der Waals surface area contributed by atoms with Crippen molar-refractivity contribution in [2.24, 2.45) is 5.73 Å². The smallest absolute Gasteiger partial charge is 0.267 e. The number of amides is 1. The van der Waals surface area contributed by atoms with Crippen molar-refractivity contribution in [3.05, 3.63) is 84.4 Å². The van der Waals surface area contributed by atoms with Gasteiger partial charge in [0, 0.05) is 29.6 Å². The van der Waals surface area contributed by atoms with E-state index in [1.165, 1.54) is 24.4 Å². The van der Waals surface area contributed by atoms with E-state index >= 15 is 0 Å². The molecule has 0 atom stereocenters. The number of carbonyl (C=O) groups excluding carboxylic acids is 1. The maximum atomic E-state index is 13.5. The van der Waals surface area contributed by atoms with Crippen molar-refractivity contribution in [2.75, 3.05) is 11.1 Å². The van der Waals surface area contributed by atoms with Crippen molar-refractivity contribution in [1.82, 2.24) is 15.0 Å². The van der Waals surface area contributed by atoms with E-state index in [4.69, 9.17) is 16.2 Å². The number of benzene rings is 2. The van der Waals surface area contributed by atoms with Gasteiger partial charge in [0.25, 0.3) is 5.91 Å². The summed E-state index contributed by atoms with van der Waals surface area (Å²) in [5.74, 6) is 0.513. The third kappa shape index (κ3) is 4.91. The van der Waals surface area contributed by atoms with Crippen molar-refractivity contribution in [2.45, 2.75) is 0 Å². The van der Waals surface area contributed by atoms with Crippen LogP contribution in [0.4, 0.5) is 21.8 Å². The molecule has 0 aliphatic carbocycles. The molecule has 0 aliphatic heterocycles. The van der Waals surface area contributed by atoms with Gasteiger partial charge in [0.1, 0.15) is 28.8 Å². The van der Waals surface area contributed by atoms with Crippen molar-refractivity contribution in [3.63, 3.8) is 0 Å². The summed E-state index contributed by atoms with van der Waals surface area (Å²) in [4.78, 5) is 23.5. The Morgan fingerprint density at radius 2 is 1.77 bits per heavy atom. The van der Waals surface area contributed by atoms with Crippen molar-refractivity contribution >= 4 is 23.4 Å². The molecule has 4 rings (SSSR count). The Labute approximate surface area is 176 Å². The first kappa shape index (κ1) is 19.8. The largest absolute Gasteiger partial charge is 0.457 e. The fourth-order valence-electron chi connectivity index (χ4n) is 2.83. The molecule has 0 saturated heterocycles. The number of halogens is 1. The number of nitrogens with two attached hydrogens (primary N) is 2. The standard InChI is InChI=1S/C22H17FN6O2/c23-14-3-1-2-13(10-14)18-12-20(29-22(25)28-18)27-15-4-6-16(7-5-15)31-17-8-9-26-19(11-17)21(24)30/h1-12H,(H2,24,30)(H3,25,27,28,29). The fraction of sp³-hybridized carbons (Fsp3) is 0. The predicted octanol–water partition coefficient (Wildman–Crippen LogP) is 3.89. The molecule has 154 valence electrons. The molecule has 8 nitrogen and oxygen atoms in total. The Morgan fingerprint density at radius 1 is 0.968 bits per heavy atom. The minimum Gasteiger partial charge on any atom is -0.457 e. The van der Waals surface area contributed by atoms with Gasteiger partial charge in [-0.15, -0.1) is 0 Å². The average molecular weight is 416 g/mol. The minimum absolute atomic E-state index is 0.0622. The highest BCUT2D eigenvalue weighted by Gasteiger charge is 2.08. The van der Waals surface area contributed by atoms with Crippen LogP contribution in [0.2, 0.25) is 0 Å². The lowest BCUT2D eigenvalue weighted by Crippen LogP contribution is -2.12. The summed E-state index contributed by atoms with van der Waals surface area (Å²) < 4.78 is 19.3. The number of pyridine rings is 1. The number of nitrogens with one attached hydrogen (secondary N) is 1. The third-order valence-corrected chi connectivity index (χ3v) is 4.21. The van der Waals surface area contributed by atoms with Crippen LogP contribution in [0.1, 0.15) is 10.5 Å². The highest BCUT2D eigenvalue weighted by molar-refractivity contribution is 5.91. The fourth-order valence-corrected chi connectivity index (χ4v) is 2.83.